The second-order valence-corrected chi connectivity index (χ2v) is 4.58. The molecule has 0 unspecified atom stereocenters. The Morgan fingerprint density at radius 2 is 2.11 bits per heavy atom. The van der Waals surface area contributed by atoms with E-state index >= 15 is 0 Å². The first kappa shape index (κ1) is 14.7. The van der Waals surface area contributed by atoms with Crippen LogP contribution in [0.15, 0.2) is 35.9 Å². The number of halogens is 1. The summed E-state index contributed by atoms with van der Waals surface area (Å²) >= 11 is 6.07. The highest BCUT2D eigenvalue weighted by Gasteiger charge is 2.06. The molecule has 1 rings (SSSR count). The molecule has 1 N–H and O–H groups in total. The molecule has 98 valence electrons. The second kappa shape index (κ2) is 7.19. The number of rotatable bonds is 6. The summed E-state index contributed by atoms with van der Waals surface area (Å²) in [5.41, 5.74) is 1.49. The molecule has 0 aromatic heterocycles. The van der Waals surface area contributed by atoms with Gasteiger partial charge in [0.2, 0.25) is 0 Å². The minimum atomic E-state index is -0.844. The van der Waals surface area contributed by atoms with Crippen LogP contribution >= 0.6 is 11.6 Å². The van der Waals surface area contributed by atoms with Crippen LogP contribution in [-0.2, 0) is 11.3 Å². The minimum Gasteiger partial charge on any atom is -0.478 e. The lowest BCUT2D eigenvalue weighted by molar-refractivity contribution is -0.132. The van der Waals surface area contributed by atoms with E-state index in [2.05, 4.69) is 0 Å². The van der Waals surface area contributed by atoms with Crippen molar-refractivity contribution in [1.29, 1.82) is 0 Å². The molecule has 0 bridgehead atoms. The van der Waals surface area contributed by atoms with Crippen molar-refractivity contribution in [3.63, 3.8) is 0 Å². The van der Waals surface area contributed by atoms with Gasteiger partial charge in [-0.1, -0.05) is 42.8 Å². The Hall–Kier alpha value is -1.32. The Balaban J connectivity index is 2.60. The molecule has 0 aliphatic rings. The number of hydrogen-bond donors (Lipinski definition) is 1. The number of carboxylic acid groups (broad SMARTS) is 1. The highest BCUT2D eigenvalue weighted by Crippen LogP contribution is 2.16. The van der Waals surface area contributed by atoms with Crippen LogP contribution in [0.3, 0.4) is 0 Å². The molecule has 0 heterocycles. The first-order valence-corrected chi connectivity index (χ1v) is 6.26. The summed E-state index contributed by atoms with van der Waals surface area (Å²) in [7, 11) is 1.94. The van der Waals surface area contributed by atoms with E-state index in [0.717, 1.165) is 10.6 Å². The van der Waals surface area contributed by atoms with Gasteiger partial charge >= 0.3 is 5.97 Å². The number of hydrogen-bond acceptors (Lipinski definition) is 2. The molecule has 0 amide bonds. The zero-order valence-corrected chi connectivity index (χ0v) is 11.4. The number of benzene rings is 1. The fourth-order valence-electron chi connectivity index (χ4n) is 1.63. The maximum absolute atomic E-state index is 10.8. The molecule has 0 saturated heterocycles. The van der Waals surface area contributed by atoms with E-state index in [4.69, 9.17) is 16.7 Å². The maximum atomic E-state index is 10.8. The maximum Gasteiger partial charge on any atom is 0.331 e. The molecule has 3 nitrogen and oxygen atoms in total. The van der Waals surface area contributed by atoms with E-state index in [1.165, 1.54) is 0 Å². The van der Waals surface area contributed by atoms with Crippen molar-refractivity contribution in [2.45, 2.75) is 19.9 Å². The van der Waals surface area contributed by atoms with Gasteiger partial charge in [0.1, 0.15) is 0 Å². The van der Waals surface area contributed by atoms with Gasteiger partial charge in [0.05, 0.1) is 0 Å². The van der Waals surface area contributed by atoms with E-state index in [1.54, 1.807) is 6.08 Å². The predicted molar refractivity (Wildman–Crippen MR) is 73.8 cm³/mol. The van der Waals surface area contributed by atoms with Gasteiger partial charge < -0.3 is 5.11 Å². The van der Waals surface area contributed by atoms with Crippen LogP contribution in [0, 0.1) is 0 Å². The SMILES string of the molecule is CCC(=CCN(C)Cc1ccccc1Cl)C(=O)O. The molecule has 0 saturated carbocycles. The highest BCUT2D eigenvalue weighted by molar-refractivity contribution is 6.31. The van der Waals surface area contributed by atoms with E-state index in [9.17, 15) is 4.79 Å². The Kier molecular flexibility index (Phi) is 5.89. The summed E-state index contributed by atoms with van der Waals surface area (Å²) < 4.78 is 0. The molecule has 4 heteroatoms. The van der Waals surface area contributed by atoms with E-state index in [-0.39, 0.29) is 0 Å². The van der Waals surface area contributed by atoms with Crippen molar-refractivity contribution in [3.05, 3.63) is 46.5 Å². The van der Waals surface area contributed by atoms with E-state index in [0.29, 0.717) is 25.1 Å². The summed E-state index contributed by atoms with van der Waals surface area (Å²) in [4.78, 5) is 12.9. The molecule has 18 heavy (non-hydrogen) atoms. The number of carbonyl (C=O) groups is 1. The molecule has 0 atom stereocenters. The average molecular weight is 268 g/mol. The Bertz CT molecular complexity index is 443. The smallest absolute Gasteiger partial charge is 0.331 e. The zero-order chi connectivity index (χ0) is 13.5. The van der Waals surface area contributed by atoms with Crippen LogP contribution in [0.5, 0.6) is 0 Å². The number of carboxylic acids is 1. The Morgan fingerprint density at radius 1 is 1.44 bits per heavy atom. The van der Waals surface area contributed by atoms with Crippen LogP contribution in [0.25, 0.3) is 0 Å². The lowest BCUT2D eigenvalue weighted by Gasteiger charge is -2.15. The number of aliphatic carboxylic acids is 1. The summed E-state index contributed by atoms with van der Waals surface area (Å²) in [6.45, 7) is 3.14. The van der Waals surface area contributed by atoms with Gasteiger partial charge in [-0.25, -0.2) is 4.79 Å². The number of nitrogens with zero attached hydrogens (tertiary/aromatic N) is 1. The van der Waals surface area contributed by atoms with Crippen LogP contribution in [-0.4, -0.2) is 29.6 Å². The fraction of sp³-hybridized carbons (Fsp3) is 0.357. The van der Waals surface area contributed by atoms with Crippen LogP contribution in [0.1, 0.15) is 18.9 Å². The standard InChI is InChI=1S/C14H18ClNO2/c1-3-11(14(17)18)8-9-16(2)10-12-6-4-5-7-13(12)15/h4-8H,3,9-10H2,1-2H3,(H,17,18). The normalized spacial score (nSPS) is 11.9. The minimum absolute atomic E-state index is 0.445. The molecule has 0 fully saturated rings. The monoisotopic (exact) mass is 267 g/mol. The summed E-state index contributed by atoms with van der Waals surface area (Å²) in [5, 5.41) is 9.65. The fourth-order valence-corrected chi connectivity index (χ4v) is 1.83. The van der Waals surface area contributed by atoms with Crippen molar-refractivity contribution < 1.29 is 9.90 Å². The average Bonchev–Trinajstić information content (AvgIpc) is 2.32. The largest absolute Gasteiger partial charge is 0.478 e. The Morgan fingerprint density at radius 3 is 2.67 bits per heavy atom. The molecule has 0 radical (unpaired) electrons. The molecular weight excluding hydrogens is 250 g/mol. The summed E-state index contributed by atoms with van der Waals surface area (Å²) in [5.74, 6) is -0.844. The molecule has 0 aliphatic heterocycles. The van der Waals surface area contributed by atoms with Gasteiger partial charge in [0, 0.05) is 23.7 Å². The van der Waals surface area contributed by atoms with Crippen LogP contribution in [0.4, 0.5) is 0 Å². The molecule has 1 aromatic carbocycles. The van der Waals surface area contributed by atoms with Crippen LogP contribution in [0.2, 0.25) is 5.02 Å². The molecule has 0 aliphatic carbocycles. The third-order valence-electron chi connectivity index (χ3n) is 2.70. The van der Waals surface area contributed by atoms with Crippen molar-refractivity contribution >= 4 is 17.6 Å². The van der Waals surface area contributed by atoms with Gasteiger partial charge in [-0.15, -0.1) is 0 Å². The first-order valence-electron chi connectivity index (χ1n) is 5.88. The lowest BCUT2D eigenvalue weighted by Crippen LogP contribution is -2.19. The molecule has 0 spiro atoms. The van der Waals surface area contributed by atoms with Crippen molar-refractivity contribution in [2.24, 2.45) is 0 Å². The van der Waals surface area contributed by atoms with Crippen molar-refractivity contribution in [3.8, 4) is 0 Å². The van der Waals surface area contributed by atoms with Gasteiger partial charge in [-0.05, 0) is 25.1 Å². The van der Waals surface area contributed by atoms with E-state index < -0.39 is 5.97 Å². The second-order valence-electron chi connectivity index (χ2n) is 4.18. The van der Waals surface area contributed by atoms with Crippen molar-refractivity contribution in [1.82, 2.24) is 4.90 Å². The predicted octanol–water partition coefficient (Wildman–Crippen LogP) is 3.19. The molecule has 1 aromatic rings. The van der Waals surface area contributed by atoms with Crippen molar-refractivity contribution in [2.75, 3.05) is 13.6 Å². The number of likely N-dealkylation sites (N-methyl/N-ethyl adjacent to an activating group) is 1. The summed E-state index contributed by atoms with van der Waals surface area (Å²) in [6, 6.07) is 7.67. The van der Waals surface area contributed by atoms with E-state index in [1.807, 2.05) is 43.1 Å². The summed E-state index contributed by atoms with van der Waals surface area (Å²) in [6.07, 6.45) is 2.29. The quantitative estimate of drug-likeness (QED) is 0.805. The molecular formula is C14H18ClNO2. The highest BCUT2D eigenvalue weighted by atomic mass is 35.5. The zero-order valence-electron chi connectivity index (χ0n) is 10.7. The third kappa shape index (κ3) is 4.51. The van der Waals surface area contributed by atoms with Gasteiger partial charge in [0.15, 0.2) is 0 Å². The lowest BCUT2D eigenvalue weighted by atomic mass is 10.2. The Labute approximate surface area is 113 Å². The third-order valence-corrected chi connectivity index (χ3v) is 3.07. The van der Waals surface area contributed by atoms with Gasteiger partial charge in [0.25, 0.3) is 0 Å². The topological polar surface area (TPSA) is 40.5 Å². The van der Waals surface area contributed by atoms with Gasteiger partial charge in [-0.2, -0.15) is 0 Å². The first-order chi connectivity index (χ1) is 8.54. The van der Waals surface area contributed by atoms with Crippen LogP contribution < -0.4 is 0 Å². The van der Waals surface area contributed by atoms with Gasteiger partial charge in [-0.3, -0.25) is 4.90 Å².